The third kappa shape index (κ3) is 9.41. The number of hydrogen-bond donors (Lipinski definition) is 0. The lowest BCUT2D eigenvalue weighted by atomic mass is 10.00. The highest BCUT2D eigenvalue weighted by Crippen LogP contribution is 2.42. The molecule has 0 unspecified atom stereocenters. The van der Waals surface area contributed by atoms with Gasteiger partial charge in [0.25, 0.3) is 0 Å². The van der Waals surface area contributed by atoms with E-state index in [0.29, 0.717) is 0 Å². The average molecular weight is 805 g/mol. The molecule has 0 saturated carbocycles. The summed E-state index contributed by atoms with van der Waals surface area (Å²) in [5.74, 6) is 0. The van der Waals surface area contributed by atoms with E-state index < -0.39 is 0 Å². The highest BCUT2D eigenvalue weighted by atomic mass is 15.2. The second-order valence-electron chi connectivity index (χ2n) is 16.9. The number of benzene rings is 8. The minimum atomic E-state index is 1.12. The molecule has 0 amide bonds. The molecule has 0 aliphatic heterocycles. The van der Waals surface area contributed by atoms with E-state index >= 15 is 0 Å². The summed E-state index contributed by atoms with van der Waals surface area (Å²) in [4.78, 5) is 4.80. The molecule has 0 bridgehead atoms. The molecule has 8 aromatic rings. The van der Waals surface area contributed by atoms with E-state index in [1.807, 2.05) is 0 Å². The van der Waals surface area contributed by atoms with Gasteiger partial charge in [-0.1, -0.05) is 168 Å². The van der Waals surface area contributed by atoms with Crippen LogP contribution in [0.4, 0.5) is 34.1 Å². The van der Waals surface area contributed by atoms with Crippen molar-refractivity contribution < 1.29 is 0 Å². The molecular weight excluding hydrogens is 749 g/mol. The van der Waals surface area contributed by atoms with Gasteiger partial charge in [-0.3, -0.25) is 0 Å². The number of anilines is 6. The molecule has 0 aliphatic rings. The summed E-state index contributed by atoms with van der Waals surface area (Å²) in [6.45, 7) is 17.5. The van der Waals surface area contributed by atoms with E-state index in [0.717, 1.165) is 22.7 Å². The number of nitrogens with zero attached hydrogens (tertiary/aromatic N) is 2. The molecule has 8 aromatic carbocycles. The van der Waals surface area contributed by atoms with Crippen molar-refractivity contribution in [3.8, 4) is 11.1 Å². The third-order valence-corrected chi connectivity index (χ3v) is 11.7. The van der Waals surface area contributed by atoms with Crippen molar-refractivity contribution in [1.82, 2.24) is 0 Å². The summed E-state index contributed by atoms with van der Waals surface area (Å²) in [7, 11) is 0. The van der Waals surface area contributed by atoms with E-state index in [-0.39, 0.29) is 0 Å². The van der Waals surface area contributed by atoms with E-state index in [1.165, 1.54) is 89.3 Å². The van der Waals surface area contributed by atoms with Crippen LogP contribution in [-0.2, 0) is 0 Å². The summed E-state index contributed by atoms with van der Waals surface area (Å²) >= 11 is 0. The van der Waals surface area contributed by atoms with Gasteiger partial charge in [0.15, 0.2) is 0 Å². The molecule has 0 spiro atoms. The Hall–Kier alpha value is -7.16. The third-order valence-electron chi connectivity index (χ3n) is 11.7. The Morgan fingerprint density at radius 2 is 0.484 bits per heavy atom. The summed E-state index contributed by atoms with van der Waals surface area (Å²) in [5, 5.41) is 0. The van der Waals surface area contributed by atoms with Crippen molar-refractivity contribution in [1.29, 1.82) is 0 Å². The molecular formula is C60H56N2. The standard InChI is InChI=1S/C60H56N2/c1-41-9-13-49(14-10-41)17-19-51-21-29-55(30-22-51)61(59-45(5)37-43(3)38-46(59)6)57-33-25-53(26-34-57)54-27-35-58(36-28-54)62(60-47(7)39-44(4)40-48(60)8)56-31-23-52(24-32-56)20-18-50-15-11-42(2)12-16-50/h9-40H,1-8H3. The summed E-state index contributed by atoms with van der Waals surface area (Å²) in [6.07, 6.45) is 8.73. The van der Waals surface area contributed by atoms with Crippen LogP contribution >= 0.6 is 0 Å². The van der Waals surface area contributed by atoms with Crippen LogP contribution in [0.5, 0.6) is 0 Å². The largest absolute Gasteiger partial charge is 0.310 e. The molecule has 0 radical (unpaired) electrons. The minimum Gasteiger partial charge on any atom is -0.310 e. The van der Waals surface area contributed by atoms with Gasteiger partial charge >= 0.3 is 0 Å². The lowest BCUT2D eigenvalue weighted by Gasteiger charge is -2.29. The highest BCUT2D eigenvalue weighted by Gasteiger charge is 2.20. The number of rotatable bonds is 11. The Bertz CT molecular complexity index is 2610. The Balaban J connectivity index is 1.09. The molecule has 0 fully saturated rings. The first-order valence-corrected chi connectivity index (χ1v) is 21.7. The lowest BCUT2D eigenvalue weighted by molar-refractivity contribution is 1.20. The predicted molar refractivity (Wildman–Crippen MR) is 270 cm³/mol. The lowest BCUT2D eigenvalue weighted by Crippen LogP contribution is -2.13. The van der Waals surface area contributed by atoms with E-state index in [9.17, 15) is 0 Å². The molecule has 306 valence electrons. The fourth-order valence-electron chi connectivity index (χ4n) is 8.68. The van der Waals surface area contributed by atoms with Gasteiger partial charge in [-0.2, -0.15) is 0 Å². The molecule has 0 aromatic heterocycles. The molecule has 0 atom stereocenters. The van der Waals surface area contributed by atoms with E-state index in [4.69, 9.17) is 0 Å². The van der Waals surface area contributed by atoms with Crippen LogP contribution in [-0.4, -0.2) is 0 Å². The first kappa shape index (κ1) is 41.6. The maximum Gasteiger partial charge on any atom is 0.0520 e. The van der Waals surface area contributed by atoms with Crippen molar-refractivity contribution in [3.05, 3.63) is 237 Å². The van der Waals surface area contributed by atoms with Crippen molar-refractivity contribution >= 4 is 58.4 Å². The monoisotopic (exact) mass is 804 g/mol. The topological polar surface area (TPSA) is 6.48 Å². The quantitative estimate of drug-likeness (QED) is 0.120. The first-order chi connectivity index (χ1) is 30.0. The van der Waals surface area contributed by atoms with Gasteiger partial charge in [0.2, 0.25) is 0 Å². The zero-order valence-electron chi connectivity index (χ0n) is 37.4. The summed E-state index contributed by atoms with van der Waals surface area (Å²) < 4.78 is 0. The van der Waals surface area contributed by atoms with Gasteiger partial charge in [-0.05, 0) is 160 Å². The molecule has 8 rings (SSSR count). The average Bonchev–Trinajstić information content (AvgIpc) is 3.26. The van der Waals surface area contributed by atoms with E-state index in [1.54, 1.807) is 0 Å². The number of aryl methyl sites for hydroxylation is 8. The Morgan fingerprint density at radius 3 is 0.742 bits per heavy atom. The van der Waals surface area contributed by atoms with Crippen molar-refractivity contribution in [2.24, 2.45) is 0 Å². The molecule has 0 saturated heterocycles. The van der Waals surface area contributed by atoms with Gasteiger partial charge in [0, 0.05) is 22.7 Å². The molecule has 0 heterocycles. The highest BCUT2D eigenvalue weighted by molar-refractivity contribution is 5.85. The second kappa shape index (κ2) is 18.2. The molecule has 0 aliphatic carbocycles. The predicted octanol–water partition coefficient (Wildman–Crippen LogP) is 17.1. The minimum absolute atomic E-state index is 1.12. The SMILES string of the molecule is Cc1ccc(C=Cc2ccc(N(c3ccc(-c4ccc(N(c5ccc(C=Cc6ccc(C)cc6)cc5)c5c(C)cc(C)cc5C)cc4)cc3)c3c(C)cc(C)cc3C)cc2)cc1. The fourth-order valence-corrected chi connectivity index (χ4v) is 8.68. The first-order valence-electron chi connectivity index (χ1n) is 21.7. The zero-order valence-corrected chi connectivity index (χ0v) is 37.4. The van der Waals surface area contributed by atoms with Gasteiger partial charge in [-0.15, -0.1) is 0 Å². The molecule has 62 heavy (non-hydrogen) atoms. The van der Waals surface area contributed by atoms with Crippen LogP contribution < -0.4 is 9.80 Å². The van der Waals surface area contributed by atoms with Crippen molar-refractivity contribution in [3.63, 3.8) is 0 Å². The van der Waals surface area contributed by atoms with Crippen LogP contribution in [0.3, 0.4) is 0 Å². The van der Waals surface area contributed by atoms with Crippen LogP contribution in [0, 0.1) is 55.4 Å². The maximum atomic E-state index is 2.40. The fraction of sp³-hybridized carbons (Fsp3) is 0.133. The van der Waals surface area contributed by atoms with Gasteiger partial charge in [-0.25, -0.2) is 0 Å². The molecule has 0 N–H and O–H groups in total. The van der Waals surface area contributed by atoms with E-state index in [2.05, 4.69) is 259 Å². The maximum absolute atomic E-state index is 2.40. The smallest absolute Gasteiger partial charge is 0.0520 e. The second-order valence-corrected chi connectivity index (χ2v) is 16.9. The Labute approximate surface area is 369 Å². The number of hydrogen-bond acceptors (Lipinski definition) is 2. The van der Waals surface area contributed by atoms with Crippen LogP contribution in [0.2, 0.25) is 0 Å². The normalized spacial score (nSPS) is 11.4. The summed E-state index contributed by atoms with van der Waals surface area (Å²) in [5.41, 5.74) is 24.1. The van der Waals surface area contributed by atoms with Crippen LogP contribution in [0.1, 0.15) is 66.8 Å². The van der Waals surface area contributed by atoms with Crippen LogP contribution in [0.25, 0.3) is 35.4 Å². The van der Waals surface area contributed by atoms with Crippen LogP contribution in [0.15, 0.2) is 170 Å². The van der Waals surface area contributed by atoms with Gasteiger partial charge < -0.3 is 9.80 Å². The van der Waals surface area contributed by atoms with Crippen molar-refractivity contribution in [2.75, 3.05) is 9.80 Å². The molecule has 2 nitrogen and oxygen atoms in total. The van der Waals surface area contributed by atoms with Gasteiger partial charge in [0.1, 0.15) is 0 Å². The Morgan fingerprint density at radius 1 is 0.258 bits per heavy atom. The zero-order chi connectivity index (χ0) is 43.3. The van der Waals surface area contributed by atoms with Gasteiger partial charge in [0.05, 0.1) is 11.4 Å². The Kier molecular flexibility index (Phi) is 12.2. The van der Waals surface area contributed by atoms with Crippen molar-refractivity contribution in [2.45, 2.75) is 55.4 Å². The summed E-state index contributed by atoms with van der Waals surface area (Å²) in [6, 6.07) is 62.2. The molecule has 2 heteroatoms.